The van der Waals surface area contributed by atoms with Crippen molar-refractivity contribution < 1.29 is 23.9 Å². The molecule has 0 radical (unpaired) electrons. The van der Waals surface area contributed by atoms with Gasteiger partial charge in [0.05, 0.1) is 10.3 Å². The standard InChI is InChI=1S/C24H18ClN3O5S/c25-16-6-4-14(5-7-16)23(30)28-17-2-1-3-18(8-17)32-11-15-13-34-22-19(15)9-27-10-20(22)24(31)33-12-21(26)29/h1-10,13H,11-12H2,(H2,26,29)(H,28,30). The van der Waals surface area contributed by atoms with E-state index in [-0.39, 0.29) is 18.1 Å². The van der Waals surface area contributed by atoms with E-state index in [0.717, 1.165) is 10.9 Å². The van der Waals surface area contributed by atoms with Crippen molar-refractivity contribution in [2.45, 2.75) is 6.61 Å². The number of primary amides is 1. The summed E-state index contributed by atoms with van der Waals surface area (Å²) in [6, 6.07) is 13.6. The Bertz CT molecular complexity index is 1370. The second kappa shape index (κ2) is 10.3. The van der Waals surface area contributed by atoms with Gasteiger partial charge in [0.25, 0.3) is 11.8 Å². The molecule has 2 amide bonds. The third kappa shape index (κ3) is 5.51. The lowest BCUT2D eigenvalue weighted by Gasteiger charge is -2.09. The fraction of sp³-hybridized carbons (Fsp3) is 0.0833. The third-order valence-electron chi connectivity index (χ3n) is 4.72. The van der Waals surface area contributed by atoms with Crippen LogP contribution < -0.4 is 15.8 Å². The van der Waals surface area contributed by atoms with Gasteiger partial charge in [-0.15, -0.1) is 11.3 Å². The van der Waals surface area contributed by atoms with Gasteiger partial charge in [-0.25, -0.2) is 4.79 Å². The van der Waals surface area contributed by atoms with Crippen LogP contribution in [0.5, 0.6) is 5.75 Å². The zero-order valence-electron chi connectivity index (χ0n) is 17.6. The van der Waals surface area contributed by atoms with Crippen LogP contribution in [0.15, 0.2) is 66.3 Å². The van der Waals surface area contributed by atoms with Crippen molar-refractivity contribution in [3.63, 3.8) is 0 Å². The molecule has 2 aromatic heterocycles. The van der Waals surface area contributed by atoms with Gasteiger partial charge in [-0.3, -0.25) is 14.6 Å². The molecule has 0 fully saturated rings. The molecule has 3 N–H and O–H groups in total. The number of carbonyl (C=O) groups excluding carboxylic acids is 3. The zero-order valence-corrected chi connectivity index (χ0v) is 19.2. The monoisotopic (exact) mass is 495 g/mol. The Labute approximate surface area is 203 Å². The summed E-state index contributed by atoms with van der Waals surface area (Å²) in [5.41, 5.74) is 7.17. The van der Waals surface area contributed by atoms with Gasteiger partial charge in [0.2, 0.25) is 0 Å². The van der Waals surface area contributed by atoms with Crippen molar-refractivity contribution in [3.05, 3.63) is 88.0 Å². The largest absolute Gasteiger partial charge is 0.489 e. The minimum absolute atomic E-state index is 0.218. The number of aromatic nitrogens is 1. The van der Waals surface area contributed by atoms with E-state index in [9.17, 15) is 14.4 Å². The number of nitrogens with one attached hydrogen (secondary N) is 1. The van der Waals surface area contributed by atoms with Gasteiger partial charge in [0.15, 0.2) is 6.61 Å². The van der Waals surface area contributed by atoms with Crippen molar-refractivity contribution in [3.8, 4) is 5.75 Å². The van der Waals surface area contributed by atoms with E-state index < -0.39 is 18.5 Å². The number of amides is 2. The molecule has 2 heterocycles. The molecule has 0 aliphatic heterocycles. The molecule has 4 aromatic rings. The summed E-state index contributed by atoms with van der Waals surface area (Å²) in [6.45, 7) is -0.280. The predicted molar refractivity (Wildman–Crippen MR) is 129 cm³/mol. The first-order valence-corrected chi connectivity index (χ1v) is 11.3. The van der Waals surface area contributed by atoms with Gasteiger partial charge in [-0.2, -0.15) is 0 Å². The van der Waals surface area contributed by atoms with Gasteiger partial charge in [-0.1, -0.05) is 17.7 Å². The Kier molecular flexibility index (Phi) is 7.05. The molecule has 172 valence electrons. The molecule has 0 atom stereocenters. The molecule has 0 bridgehead atoms. The summed E-state index contributed by atoms with van der Waals surface area (Å²) in [7, 11) is 0. The molecule has 0 aliphatic rings. The van der Waals surface area contributed by atoms with E-state index in [1.807, 2.05) is 5.38 Å². The maximum atomic E-state index is 12.4. The Hall–Kier alpha value is -3.95. The number of nitrogens with two attached hydrogens (primary N) is 1. The summed E-state index contributed by atoms with van der Waals surface area (Å²) in [5, 5.41) is 5.99. The number of halogens is 1. The summed E-state index contributed by atoms with van der Waals surface area (Å²) < 4.78 is 11.5. The highest BCUT2D eigenvalue weighted by Gasteiger charge is 2.17. The Balaban J connectivity index is 1.44. The zero-order chi connectivity index (χ0) is 24.1. The summed E-state index contributed by atoms with van der Waals surface area (Å²) in [4.78, 5) is 39.7. The van der Waals surface area contributed by atoms with Gasteiger partial charge in [0, 0.05) is 45.7 Å². The highest BCUT2D eigenvalue weighted by atomic mass is 35.5. The van der Waals surface area contributed by atoms with Crippen molar-refractivity contribution in [1.29, 1.82) is 0 Å². The van der Waals surface area contributed by atoms with E-state index in [2.05, 4.69) is 10.3 Å². The van der Waals surface area contributed by atoms with Crippen LogP contribution in [0.2, 0.25) is 5.02 Å². The van der Waals surface area contributed by atoms with E-state index in [1.54, 1.807) is 54.7 Å². The molecule has 4 rings (SSSR count). The third-order valence-corrected chi connectivity index (χ3v) is 6.05. The van der Waals surface area contributed by atoms with Crippen LogP contribution >= 0.6 is 22.9 Å². The van der Waals surface area contributed by atoms with E-state index in [0.29, 0.717) is 26.7 Å². The summed E-state index contributed by atoms with van der Waals surface area (Å²) >= 11 is 7.21. The Morgan fingerprint density at radius 3 is 2.65 bits per heavy atom. The highest BCUT2D eigenvalue weighted by Crippen LogP contribution is 2.30. The molecule has 0 saturated carbocycles. The number of nitrogens with zero attached hydrogens (tertiary/aromatic N) is 1. The number of fused-ring (bicyclic) bond motifs is 1. The van der Waals surface area contributed by atoms with Crippen LogP contribution in [0.25, 0.3) is 10.1 Å². The lowest BCUT2D eigenvalue weighted by atomic mass is 10.2. The number of pyridine rings is 1. The Morgan fingerprint density at radius 2 is 1.88 bits per heavy atom. The molecule has 0 aliphatic carbocycles. The highest BCUT2D eigenvalue weighted by molar-refractivity contribution is 7.17. The minimum atomic E-state index is -0.736. The molecule has 0 spiro atoms. The topological polar surface area (TPSA) is 121 Å². The van der Waals surface area contributed by atoms with Crippen LogP contribution in [-0.2, 0) is 16.1 Å². The number of hydrogen-bond donors (Lipinski definition) is 2. The fourth-order valence-electron chi connectivity index (χ4n) is 3.10. The number of hydrogen-bond acceptors (Lipinski definition) is 7. The molecular formula is C24H18ClN3O5S. The average Bonchev–Trinajstić information content (AvgIpc) is 3.25. The lowest BCUT2D eigenvalue weighted by Crippen LogP contribution is -2.21. The first kappa shape index (κ1) is 23.2. The van der Waals surface area contributed by atoms with E-state index in [1.165, 1.54) is 17.5 Å². The van der Waals surface area contributed by atoms with Gasteiger partial charge >= 0.3 is 5.97 Å². The van der Waals surface area contributed by atoms with Gasteiger partial charge in [0.1, 0.15) is 12.4 Å². The summed E-state index contributed by atoms with van der Waals surface area (Å²) in [5.74, 6) is -1.12. The normalized spacial score (nSPS) is 10.6. The van der Waals surface area contributed by atoms with E-state index in [4.69, 9.17) is 26.8 Å². The van der Waals surface area contributed by atoms with Crippen LogP contribution in [0, 0.1) is 0 Å². The number of benzene rings is 2. The molecular weight excluding hydrogens is 478 g/mol. The van der Waals surface area contributed by atoms with E-state index >= 15 is 0 Å². The smallest absolute Gasteiger partial charge is 0.341 e. The molecule has 0 unspecified atom stereocenters. The summed E-state index contributed by atoms with van der Waals surface area (Å²) in [6.07, 6.45) is 3.03. The number of rotatable bonds is 8. The first-order valence-electron chi connectivity index (χ1n) is 10.00. The number of carbonyl (C=O) groups is 3. The Morgan fingerprint density at radius 1 is 1.09 bits per heavy atom. The maximum absolute atomic E-state index is 12.4. The van der Waals surface area contributed by atoms with Gasteiger partial charge in [-0.05, 0) is 41.8 Å². The van der Waals surface area contributed by atoms with Gasteiger partial charge < -0.3 is 20.5 Å². The average molecular weight is 496 g/mol. The fourth-order valence-corrected chi connectivity index (χ4v) is 4.25. The van der Waals surface area contributed by atoms with Crippen LogP contribution in [-0.4, -0.2) is 29.4 Å². The lowest BCUT2D eigenvalue weighted by molar-refractivity contribution is -0.121. The van der Waals surface area contributed by atoms with Crippen molar-refractivity contribution in [1.82, 2.24) is 4.98 Å². The molecule has 10 heteroatoms. The molecule has 8 nitrogen and oxygen atoms in total. The second-order valence-electron chi connectivity index (χ2n) is 7.14. The first-order chi connectivity index (χ1) is 16.4. The SMILES string of the molecule is NC(=O)COC(=O)c1cncc2c(COc3cccc(NC(=O)c4ccc(Cl)cc4)c3)csc12. The van der Waals surface area contributed by atoms with Crippen LogP contribution in [0.3, 0.4) is 0 Å². The maximum Gasteiger partial charge on any atom is 0.341 e. The number of esters is 1. The molecule has 2 aromatic carbocycles. The molecule has 34 heavy (non-hydrogen) atoms. The second-order valence-corrected chi connectivity index (χ2v) is 8.46. The van der Waals surface area contributed by atoms with Crippen molar-refractivity contribution >= 4 is 56.5 Å². The molecule has 0 saturated heterocycles. The van der Waals surface area contributed by atoms with Crippen LogP contribution in [0.1, 0.15) is 26.3 Å². The number of thiophene rings is 1. The number of ether oxygens (including phenoxy) is 2. The minimum Gasteiger partial charge on any atom is -0.489 e. The van der Waals surface area contributed by atoms with Crippen molar-refractivity contribution in [2.24, 2.45) is 5.73 Å². The van der Waals surface area contributed by atoms with Crippen molar-refractivity contribution in [2.75, 3.05) is 11.9 Å². The predicted octanol–water partition coefficient (Wildman–Crippen LogP) is 4.42. The quantitative estimate of drug-likeness (QED) is 0.349. The van der Waals surface area contributed by atoms with Crippen LogP contribution in [0.4, 0.5) is 5.69 Å². The number of anilines is 1.